The Morgan fingerprint density at radius 1 is 1.40 bits per heavy atom. The Bertz CT molecular complexity index is 307. The monoisotopic (exact) mass is 286 g/mol. The average molecular weight is 286 g/mol. The van der Waals surface area contributed by atoms with Crippen molar-refractivity contribution in [3.8, 4) is 0 Å². The standard InChI is InChI=1S/C15H30N2O3/c1-11(2)13(16-12-6-8-20-9-7-12)14(18)17(5)10-15(3,4)19/h11-13,16,19H,6-10H2,1-5H3. The van der Waals surface area contributed by atoms with Crippen LogP contribution in [0.15, 0.2) is 0 Å². The number of nitrogens with zero attached hydrogens (tertiary/aromatic N) is 1. The predicted octanol–water partition coefficient (Wildman–Crippen LogP) is 1.01. The summed E-state index contributed by atoms with van der Waals surface area (Å²) in [6, 6.07) is 0.140. The van der Waals surface area contributed by atoms with Gasteiger partial charge in [-0.15, -0.1) is 0 Å². The number of carbonyl (C=O) groups excluding carboxylic acids is 1. The van der Waals surface area contributed by atoms with Crippen LogP contribution in [-0.2, 0) is 9.53 Å². The lowest BCUT2D eigenvalue weighted by Gasteiger charge is -2.34. The molecule has 118 valence electrons. The molecule has 0 saturated carbocycles. The Balaban J connectivity index is 2.62. The number of likely N-dealkylation sites (N-methyl/N-ethyl adjacent to an activating group) is 1. The molecule has 1 unspecified atom stereocenters. The third-order valence-electron chi connectivity index (χ3n) is 3.57. The molecule has 1 atom stereocenters. The van der Waals surface area contributed by atoms with Crippen LogP contribution in [-0.4, -0.2) is 60.4 Å². The summed E-state index contributed by atoms with van der Waals surface area (Å²) in [5, 5.41) is 13.3. The van der Waals surface area contributed by atoms with Crippen molar-refractivity contribution >= 4 is 5.91 Å². The van der Waals surface area contributed by atoms with Gasteiger partial charge in [-0.2, -0.15) is 0 Å². The van der Waals surface area contributed by atoms with Crippen molar-refractivity contribution in [3.05, 3.63) is 0 Å². The highest BCUT2D eigenvalue weighted by atomic mass is 16.5. The molecule has 0 bridgehead atoms. The molecule has 0 aromatic rings. The number of nitrogens with one attached hydrogen (secondary N) is 1. The van der Waals surface area contributed by atoms with Crippen molar-refractivity contribution in [2.24, 2.45) is 5.92 Å². The molecular weight excluding hydrogens is 256 g/mol. The van der Waals surface area contributed by atoms with Crippen molar-refractivity contribution in [1.29, 1.82) is 0 Å². The highest BCUT2D eigenvalue weighted by Crippen LogP contribution is 2.13. The number of hydrogen-bond acceptors (Lipinski definition) is 4. The fourth-order valence-corrected chi connectivity index (χ4v) is 2.56. The fourth-order valence-electron chi connectivity index (χ4n) is 2.56. The first-order valence-electron chi connectivity index (χ1n) is 7.52. The average Bonchev–Trinajstić information content (AvgIpc) is 2.34. The van der Waals surface area contributed by atoms with Gasteiger partial charge in [0, 0.05) is 32.8 Å². The number of hydrogen-bond donors (Lipinski definition) is 2. The molecule has 1 saturated heterocycles. The first kappa shape index (κ1) is 17.4. The topological polar surface area (TPSA) is 61.8 Å². The van der Waals surface area contributed by atoms with Crippen molar-refractivity contribution in [3.63, 3.8) is 0 Å². The fraction of sp³-hybridized carbons (Fsp3) is 0.933. The van der Waals surface area contributed by atoms with Gasteiger partial charge in [-0.05, 0) is 32.6 Å². The van der Waals surface area contributed by atoms with Gasteiger partial charge in [-0.1, -0.05) is 13.8 Å². The smallest absolute Gasteiger partial charge is 0.239 e. The first-order chi connectivity index (χ1) is 9.20. The molecule has 0 spiro atoms. The zero-order chi connectivity index (χ0) is 15.3. The minimum Gasteiger partial charge on any atom is -0.389 e. The van der Waals surface area contributed by atoms with Crippen LogP contribution in [0.25, 0.3) is 0 Å². The van der Waals surface area contributed by atoms with Gasteiger partial charge in [0.05, 0.1) is 11.6 Å². The minimum absolute atomic E-state index is 0.0496. The van der Waals surface area contributed by atoms with E-state index < -0.39 is 5.60 Å². The van der Waals surface area contributed by atoms with Gasteiger partial charge in [-0.25, -0.2) is 0 Å². The van der Waals surface area contributed by atoms with Crippen molar-refractivity contribution < 1.29 is 14.6 Å². The van der Waals surface area contributed by atoms with E-state index in [1.165, 1.54) is 0 Å². The Hall–Kier alpha value is -0.650. The van der Waals surface area contributed by atoms with E-state index in [0.29, 0.717) is 12.6 Å². The molecule has 0 aromatic heterocycles. The molecule has 1 aliphatic rings. The predicted molar refractivity (Wildman–Crippen MR) is 79.5 cm³/mol. The number of ether oxygens (including phenoxy) is 1. The normalized spacial score (nSPS) is 19.1. The van der Waals surface area contributed by atoms with Gasteiger partial charge >= 0.3 is 0 Å². The van der Waals surface area contributed by atoms with Crippen LogP contribution in [0.4, 0.5) is 0 Å². The molecule has 5 heteroatoms. The van der Waals surface area contributed by atoms with Crippen LogP contribution >= 0.6 is 0 Å². The minimum atomic E-state index is -0.870. The summed E-state index contributed by atoms with van der Waals surface area (Å²) >= 11 is 0. The van der Waals surface area contributed by atoms with E-state index in [9.17, 15) is 9.90 Å². The van der Waals surface area contributed by atoms with Crippen molar-refractivity contribution in [2.45, 2.75) is 58.2 Å². The lowest BCUT2D eigenvalue weighted by molar-refractivity contribution is -0.136. The van der Waals surface area contributed by atoms with Crippen LogP contribution in [0.5, 0.6) is 0 Å². The van der Waals surface area contributed by atoms with E-state index >= 15 is 0 Å². The number of amides is 1. The molecule has 1 rings (SSSR count). The van der Waals surface area contributed by atoms with E-state index in [1.54, 1.807) is 25.8 Å². The molecule has 5 nitrogen and oxygen atoms in total. The summed E-state index contributed by atoms with van der Waals surface area (Å²) < 4.78 is 5.35. The van der Waals surface area contributed by atoms with Gasteiger partial charge < -0.3 is 20.1 Å². The van der Waals surface area contributed by atoms with E-state index in [4.69, 9.17) is 4.74 Å². The van der Waals surface area contributed by atoms with Crippen LogP contribution in [0.2, 0.25) is 0 Å². The van der Waals surface area contributed by atoms with E-state index in [-0.39, 0.29) is 17.9 Å². The second-order valence-corrected chi connectivity index (χ2v) is 6.78. The van der Waals surface area contributed by atoms with Crippen LogP contribution in [0, 0.1) is 5.92 Å². The zero-order valence-electron chi connectivity index (χ0n) is 13.5. The summed E-state index contributed by atoms with van der Waals surface area (Å²) in [5.41, 5.74) is -0.870. The van der Waals surface area contributed by atoms with Crippen LogP contribution < -0.4 is 5.32 Å². The Morgan fingerprint density at radius 2 is 1.95 bits per heavy atom. The quantitative estimate of drug-likeness (QED) is 0.765. The first-order valence-corrected chi connectivity index (χ1v) is 7.52. The number of carbonyl (C=O) groups is 1. The molecule has 0 radical (unpaired) electrons. The van der Waals surface area contributed by atoms with Gasteiger partial charge in [0.25, 0.3) is 0 Å². The SMILES string of the molecule is CC(C)C(NC1CCOCC1)C(=O)N(C)CC(C)(C)O. The Labute approximate surface area is 122 Å². The zero-order valence-corrected chi connectivity index (χ0v) is 13.5. The maximum Gasteiger partial charge on any atom is 0.239 e. The molecule has 1 heterocycles. The maximum atomic E-state index is 12.6. The van der Waals surface area contributed by atoms with E-state index in [0.717, 1.165) is 26.1 Å². The van der Waals surface area contributed by atoms with Gasteiger partial charge in [0.1, 0.15) is 0 Å². The summed E-state index contributed by atoms with van der Waals surface area (Å²) in [6.07, 6.45) is 1.90. The third kappa shape index (κ3) is 5.77. The molecule has 1 fully saturated rings. The van der Waals surface area contributed by atoms with Crippen LogP contribution in [0.3, 0.4) is 0 Å². The summed E-state index contributed by atoms with van der Waals surface area (Å²) in [4.78, 5) is 14.2. The second-order valence-electron chi connectivity index (χ2n) is 6.78. The van der Waals surface area contributed by atoms with Gasteiger partial charge in [0.2, 0.25) is 5.91 Å². The molecule has 1 amide bonds. The summed E-state index contributed by atoms with van der Waals surface area (Å²) in [7, 11) is 1.75. The van der Waals surface area contributed by atoms with Gasteiger partial charge in [0.15, 0.2) is 0 Å². The van der Waals surface area contributed by atoms with Crippen molar-refractivity contribution in [2.75, 3.05) is 26.8 Å². The lowest BCUT2D eigenvalue weighted by atomic mass is 9.99. The highest BCUT2D eigenvalue weighted by Gasteiger charge is 2.30. The Kier molecular flexibility index (Phi) is 6.43. The van der Waals surface area contributed by atoms with Gasteiger partial charge in [-0.3, -0.25) is 4.79 Å². The highest BCUT2D eigenvalue weighted by molar-refractivity contribution is 5.82. The molecule has 20 heavy (non-hydrogen) atoms. The van der Waals surface area contributed by atoms with E-state index in [2.05, 4.69) is 5.32 Å². The summed E-state index contributed by atoms with van der Waals surface area (Å²) in [5.74, 6) is 0.267. The Morgan fingerprint density at radius 3 is 2.40 bits per heavy atom. The third-order valence-corrected chi connectivity index (χ3v) is 3.57. The lowest BCUT2D eigenvalue weighted by Crippen LogP contribution is -2.54. The molecule has 1 aliphatic heterocycles. The molecule has 0 aromatic carbocycles. The molecule has 0 aliphatic carbocycles. The number of aliphatic hydroxyl groups is 1. The maximum absolute atomic E-state index is 12.6. The number of rotatable bonds is 6. The molecular formula is C15H30N2O3. The van der Waals surface area contributed by atoms with E-state index in [1.807, 2.05) is 13.8 Å². The second kappa shape index (κ2) is 7.38. The van der Waals surface area contributed by atoms with Crippen LogP contribution in [0.1, 0.15) is 40.5 Å². The van der Waals surface area contributed by atoms with Crippen molar-refractivity contribution in [1.82, 2.24) is 10.2 Å². The largest absolute Gasteiger partial charge is 0.389 e. The summed E-state index contributed by atoms with van der Waals surface area (Å²) in [6.45, 7) is 9.39. The molecule has 2 N–H and O–H groups in total.